The van der Waals surface area contributed by atoms with E-state index in [1.165, 1.54) is 11.1 Å². The lowest BCUT2D eigenvalue weighted by Crippen LogP contribution is -2.50. The molecule has 2 aliphatic heterocycles. The van der Waals surface area contributed by atoms with Gasteiger partial charge < -0.3 is 15.1 Å². The van der Waals surface area contributed by atoms with Crippen molar-refractivity contribution in [3.63, 3.8) is 0 Å². The Bertz CT molecular complexity index is 1190. The fraction of sp³-hybridized carbons (Fsp3) is 0.531. The number of rotatable bonds is 3. The summed E-state index contributed by atoms with van der Waals surface area (Å²) in [6.07, 6.45) is 7.67. The van der Waals surface area contributed by atoms with Crippen LogP contribution >= 0.6 is 0 Å². The smallest absolute Gasteiger partial charge is 0.233 e. The van der Waals surface area contributed by atoms with Crippen LogP contribution in [0.4, 0.5) is 0 Å². The number of amides is 3. The van der Waals surface area contributed by atoms with E-state index in [-0.39, 0.29) is 35.6 Å². The molecule has 2 aromatic rings. The van der Waals surface area contributed by atoms with Crippen LogP contribution in [0.25, 0.3) is 0 Å². The molecule has 200 valence electrons. The van der Waals surface area contributed by atoms with Crippen molar-refractivity contribution in [3.8, 4) is 0 Å². The molecule has 1 N–H and O–H groups in total. The summed E-state index contributed by atoms with van der Waals surface area (Å²) >= 11 is 0. The summed E-state index contributed by atoms with van der Waals surface area (Å²) in [5.74, 6) is -0.256. The minimum atomic E-state index is -0.471. The molecule has 4 aliphatic rings. The van der Waals surface area contributed by atoms with Crippen LogP contribution in [0.3, 0.4) is 0 Å². The standard InChI is InChI=1S/C32H39N3O3/c36-29-27-20-25(30(37)34-19-14-23-10-6-7-11-24(23)22-34)21-28(27)35(18-9-2-1-8-17-33-29)31(38)32(15-16-32)26-12-4-3-5-13-26/h3-7,10-13,25,27-28H,1-2,8-9,14-22H2,(H,33,36)/t25-,27-,28+/m1/s1. The molecule has 6 nitrogen and oxygen atoms in total. The fourth-order valence-corrected chi connectivity index (χ4v) is 7.09. The lowest BCUT2D eigenvalue weighted by molar-refractivity contribution is -0.140. The second-order valence-corrected chi connectivity index (χ2v) is 11.8. The Balaban J connectivity index is 1.26. The first-order valence-corrected chi connectivity index (χ1v) is 14.6. The van der Waals surface area contributed by atoms with Gasteiger partial charge in [-0.15, -0.1) is 0 Å². The maximum Gasteiger partial charge on any atom is 0.233 e. The third kappa shape index (κ3) is 4.74. The molecule has 38 heavy (non-hydrogen) atoms. The quantitative estimate of drug-likeness (QED) is 0.668. The van der Waals surface area contributed by atoms with E-state index in [9.17, 15) is 14.4 Å². The third-order valence-electron chi connectivity index (χ3n) is 9.43. The molecule has 0 aromatic heterocycles. The first-order chi connectivity index (χ1) is 18.6. The Morgan fingerprint density at radius 3 is 2.37 bits per heavy atom. The SMILES string of the molecule is O=C1NCCCCCCN(C(=O)C2(c3ccccc3)CC2)[C@H]2C[C@H](C(=O)N3CCc4ccccc4C3)C[C@@H]12. The van der Waals surface area contributed by atoms with Crippen molar-refractivity contribution in [1.29, 1.82) is 0 Å². The molecule has 2 aliphatic carbocycles. The highest BCUT2D eigenvalue weighted by atomic mass is 16.2. The fourth-order valence-electron chi connectivity index (χ4n) is 7.09. The van der Waals surface area contributed by atoms with Crippen LogP contribution in [-0.2, 0) is 32.8 Å². The van der Waals surface area contributed by atoms with E-state index in [2.05, 4.69) is 35.6 Å². The number of hydrogen-bond acceptors (Lipinski definition) is 3. The summed E-state index contributed by atoms with van der Waals surface area (Å²) in [4.78, 5) is 45.6. The van der Waals surface area contributed by atoms with Gasteiger partial charge in [-0.1, -0.05) is 67.4 Å². The lowest BCUT2D eigenvalue weighted by Gasteiger charge is -2.36. The highest BCUT2D eigenvalue weighted by molar-refractivity contribution is 5.93. The summed E-state index contributed by atoms with van der Waals surface area (Å²) < 4.78 is 0. The Labute approximate surface area is 225 Å². The van der Waals surface area contributed by atoms with Crippen molar-refractivity contribution < 1.29 is 14.4 Å². The predicted molar refractivity (Wildman–Crippen MR) is 146 cm³/mol. The van der Waals surface area contributed by atoms with Crippen molar-refractivity contribution in [3.05, 3.63) is 71.3 Å². The van der Waals surface area contributed by atoms with Gasteiger partial charge in [0.25, 0.3) is 0 Å². The van der Waals surface area contributed by atoms with Gasteiger partial charge in [0.15, 0.2) is 0 Å². The molecule has 3 amide bonds. The molecular weight excluding hydrogens is 474 g/mol. The van der Waals surface area contributed by atoms with Crippen LogP contribution in [0.15, 0.2) is 54.6 Å². The van der Waals surface area contributed by atoms with Crippen molar-refractivity contribution in [2.24, 2.45) is 11.8 Å². The van der Waals surface area contributed by atoms with Gasteiger partial charge in [-0.2, -0.15) is 0 Å². The third-order valence-corrected chi connectivity index (χ3v) is 9.43. The molecule has 2 aromatic carbocycles. The first-order valence-electron chi connectivity index (χ1n) is 14.6. The normalized spacial score (nSPS) is 26.9. The Hall–Kier alpha value is -3.15. The highest BCUT2D eigenvalue weighted by Gasteiger charge is 2.56. The molecule has 0 spiro atoms. The summed E-state index contributed by atoms with van der Waals surface area (Å²) in [7, 11) is 0. The maximum absolute atomic E-state index is 14.3. The van der Waals surface area contributed by atoms with Crippen LogP contribution < -0.4 is 5.32 Å². The van der Waals surface area contributed by atoms with Gasteiger partial charge in [0.1, 0.15) is 0 Å². The first kappa shape index (κ1) is 25.1. The zero-order valence-corrected chi connectivity index (χ0v) is 22.2. The number of nitrogens with zero attached hydrogens (tertiary/aromatic N) is 2. The molecule has 1 saturated heterocycles. The van der Waals surface area contributed by atoms with Gasteiger partial charge in [0.05, 0.1) is 11.3 Å². The van der Waals surface area contributed by atoms with Crippen LogP contribution in [0.1, 0.15) is 68.1 Å². The summed E-state index contributed by atoms with van der Waals surface area (Å²) in [5, 5.41) is 3.15. The van der Waals surface area contributed by atoms with Crippen LogP contribution in [-0.4, -0.2) is 53.2 Å². The van der Waals surface area contributed by atoms with Crippen molar-refractivity contribution in [2.45, 2.75) is 75.8 Å². The molecule has 0 radical (unpaired) electrons. The van der Waals surface area contributed by atoms with Gasteiger partial charge in [0, 0.05) is 38.1 Å². The van der Waals surface area contributed by atoms with E-state index in [1.54, 1.807) is 0 Å². The van der Waals surface area contributed by atoms with Crippen LogP contribution in [0.5, 0.6) is 0 Å². The summed E-state index contributed by atoms with van der Waals surface area (Å²) in [6, 6.07) is 18.3. The lowest BCUT2D eigenvalue weighted by atomic mass is 9.91. The molecule has 0 unspecified atom stereocenters. The van der Waals surface area contributed by atoms with Gasteiger partial charge >= 0.3 is 0 Å². The number of nitrogens with one attached hydrogen (secondary N) is 1. The minimum Gasteiger partial charge on any atom is -0.356 e. The molecule has 6 rings (SSSR count). The monoisotopic (exact) mass is 513 g/mol. The molecule has 0 bridgehead atoms. The van der Waals surface area contributed by atoms with E-state index in [0.29, 0.717) is 39.0 Å². The maximum atomic E-state index is 14.3. The number of hydrogen-bond donors (Lipinski definition) is 1. The van der Waals surface area contributed by atoms with E-state index >= 15 is 0 Å². The Morgan fingerprint density at radius 1 is 0.842 bits per heavy atom. The number of fused-ring (bicyclic) bond motifs is 2. The molecule has 3 atom stereocenters. The Morgan fingerprint density at radius 2 is 1.58 bits per heavy atom. The second-order valence-electron chi connectivity index (χ2n) is 11.8. The number of benzene rings is 2. The van der Waals surface area contributed by atoms with E-state index in [4.69, 9.17) is 0 Å². The number of carbonyl (C=O) groups excluding carboxylic acids is 3. The van der Waals surface area contributed by atoms with E-state index < -0.39 is 5.41 Å². The zero-order chi connectivity index (χ0) is 26.1. The minimum absolute atomic E-state index is 0.0125. The van der Waals surface area contributed by atoms with Gasteiger partial charge in [-0.3, -0.25) is 14.4 Å². The Kier molecular flexibility index (Phi) is 6.98. The topological polar surface area (TPSA) is 69.7 Å². The van der Waals surface area contributed by atoms with Gasteiger partial charge in [-0.05, 0) is 61.6 Å². The predicted octanol–water partition coefficient (Wildman–Crippen LogP) is 4.22. The van der Waals surface area contributed by atoms with Crippen molar-refractivity contribution in [2.75, 3.05) is 19.6 Å². The molecule has 2 saturated carbocycles. The van der Waals surface area contributed by atoms with Crippen LogP contribution in [0, 0.1) is 11.8 Å². The van der Waals surface area contributed by atoms with Crippen molar-refractivity contribution >= 4 is 17.7 Å². The molecule has 6 heteroatoms. The van der Waals surface area contributed by atoms with E-state index in [1.807, 2.05) is 34.1 Å². The summed E-state index contributed by atoms with van der Waals surface area (Å²) in [5.41, 5.74) is 3.15. The molecule has 2 heterocycles. The second kappa shape index (κ2) is 10.5. The van der Waals surface area contributed by atoms with Crippen molar-refractivity contribution in [1.82, 2.24) is 15.1 Å². The van der Waals surface area contributed by atoms with Crippen LogP contribution in [0.2, 0.25) is 0 Å². The van der Waals surface area contributed by atoms with Gasteiger partial charge in [0.2, 0.25) is 17.7 Å². The highest BCUT2D eigenvalue weighted by Crippen LogP contribution is 2.51. The zero-order valence-electron chi connectivity index (χ0n) is 22.2. The average Bonchev–Trinajstić information content (AvgIpc) is 3.66. The van der Waals surface area contributed by atoms with Gasteiger partial charge in [-0.25, -0.2) is 0 Å². The van der Waals surface area contributed by atoms with E-state index in [0.717, 1.165) is 50.5 Å². The molecular formula is C32H39N3O3. The number of carbonyl (C=O) groups is 3. The summed E-state index contributed by atoms with van der Waals surface area (Å²) in [6.45, 7) is 2.69. The average molecular weight is 514 g/mol. The molecule has 3 fully saturated rings. The largest absolute Gasteiger partial charge is 0.356 e.